The maximum absolute atomic E-state index is 12.7. The summed E-state index contributed by atoms with van der Waals surface area (Å²) in [5.41, 5.74) is 1.12. The molecule has 1 fully saturated rings. The van der Waals surface area contributed by atoms with Crippen LogP contribution in [0.2, 0.25) is 0 Å². The Bertz CT molecular complexity index is 790. The van der Waals surface area contributed by atoms with Crippen molar-refractivity contribution in [1.29, 1.82) is 0 Å². The lowest BCUT2D eigenvalue weighted by Gasteiger charge is -2.33. The van der Waals surface area contributed by atoms with Crippen molar-refractivity contribution in [3.05, 3.63) is 23.0 Å². The number of carboxylic acid groups (broad SMARTS) is 1. The number of amides is 1. The van der Waals surface area contributed by atoms with Crippen molar-refractivity contribution in [2.24, 2.45) is 5.41 Å². The van der Waals surface area contributed by atoms with Crippen molar-refractivity contribution in [2.75, 3.05) is 6.54 Å². The average molecular weight is 331 g/mol. The second kappa shape index (κ2) is 6.22. The molecule has 2 aromatic heterocycles. The standard InChI is InChI=1S/C17H21N3O4/c1-10-8-12(13-11(2)20-24-15(13)19-10)14(21)18-9-17(16(22)23)6-4-3-5-7-17/h8H,3-7,9H2,1-2H3,(H,18,21)(H,22,23). The van der Waals surface area contributed by atoms with Gasteiger partial charge in [0.2, 0.25) is 0 Å². The van der Waals surface area contributed by atoms with Crippen molar-refractivity contribution >= 4 is 23.0 Å². The van der Waals surface area contributed by atoms with Gasteiger partial charge >= 0.3 is 5.97 Å². The van der Waals surface area contributed by atoms with Crippen LogP contribution in [0.5, 0.6) is 0 Å². The Labute approximate surface area is 139 Å². The maximum atomic E-state index is 12.7. The molecule has 2 N–H and O–H groups in total. The predicted octanol–water partition coefficient (Wildman–Crippen LogP) is 2.60. The van der Waals surface area contributed by atoms with Crippen molar-refractivity contribution in [1.82, 2.24) is 15.5 Å². The zero-order valence-corrected chi connectivity index (χ0v) is 13.9. The number of nitrogens with zero attached hydrogens (tertiary/aromatic N) is 2. The van der Waals surface area contributed by atoms with Crippen LogP contribution in [0.25, 0.3) is 11.1 Å². The minimum atomic E-state index is -0.862. The van der Waals surface area contributed by atoms with E-state index < -0.39 is 11.4 Å². The third-order valence-corrected chi connectivity index (χ3v) is 4.84. The third-order valence-electron chi connectivity index (χ3n) is 4.84. The number of aryl methyl sites for hydroxylation is 2. The quantitative estimate of drug-likeness (QED) is 0.892. The molecular formula is C17H21N3O4. The number of carbonyl (C=O) groups excluding carboxylic acids is 1. The van der Waals surface area contributed by atoms with Crippen molar-refractivity contribution in [3.63, 3.8) is 0 Å². The summed E-state index contributed by atoms with van der Waals surface area (Å²) < 4.78 is 5.14. The number of carboxylic acids is 1. The zero-order valence-electron chi connectivity index (χ0n) is 13.9. The van der Waals surface area contributed by atoms with Gasteiger partial charge < -0.3 is 14.9 Å². The molecule has 7 heteroatoms. The first-order valence-electron chi connectivity index (χ1n) is 8.18. The van der Waals surface area contributed by atoms with Crippen molar-refractivity contribution in [2.45, 2.75) is 46.0 Å². The highest BCUT2D eigenvalue weighted by Gasteiger charge is 2.40. The first-order valence-corrected chi connectivity index (χ1v) is 8.18. The SMILES string of the molecule is Cc1cc(C(=O)NCC2(C(=O)O)CCCCC2)c2c(C)noc2n1. The van der Waals surface area contributed by atoms with Crippen LogP contribution < -0.4 is 5.32 Å². The van der Waals surface area contributed by atoms with E-state index in [1.54, 1.807) is 19.9 Å². The lowest BCUT2D eigenvalue weighted by molar-refractivity contribution is -0.150. The van der Waals surface area contributed by atoms with Crippen LogP contribution in [-0.2, 0) is 4.79 Å². The van der Waals surface area contributed by atoms with Crippen molar-refractivity contribution < 1.29 is 19.2 Å². The number of pyridine rings is 1. The molecule has 0 saturated heterocycles. The van der Waals surface area contributed by atoms with E-state index in [-0.39, 0.29) is 12.5 Å². The summed E-state index contributed by atoms with van der Waals surface area (Å²) in [5, 5.41) is 16.9. The Balaban J connectivity index is 1.85. The molecule has 0 aliphatic heterocycles. The second-order valence-corrected chi connectivity index (χ2v) is 6.59. The molecule has 1 amide bonds. The van der Waals surface area contributed by atoms with Gasteiger partial charge in [0.1, 0.15) is 0 Å². The van der Waals surface area contributed by atoms with Crippen LogP contribution in [0.1, 0.15) is 53.8 Å². The monoisotopic (exact) mass is 331 g/mol. The topological polar surface area (TPSA) is 105 Å². The molecule has 1 saturated carbocycles. The Morgan fingerprint density at radius 1 is 1.29 bits per heavy atom. The van der Waals surface area contributed by atoms with Gasteiger partial charge in [0.25, 0.3) is 11.6 Å². The molecule has 128 valence electrons. The van der Waals surface area contributed by atoms with Crippen LogP contribution in [0.3, 0.4) is 0 Å². The summed E-state index contributed by atoms with van der Waals surface area (Å²) in [7, 11) is 0. The molecule has 0 aromatic carbocycles. The van der Waals surface area contributed by atoms with E-state index in [1.807, 2.05) is 0 Å². The predicted molar refractivity (Wildman–Crippen MR) is 86.8 cm³/mol. The van der Waals surface area contributed by atoms with Gasteiger partial charge in [0.15, 0.2) is 0 Å². The molecule has 2 heterocycles. The van der Waals surface area contributed by atoms with Gasteiger partial charge in [-0.15, -0.1) is 0 Å². The molecule has 3 rings (SSSR count). The molecule has 0 radical (unpaired) electrons. The average Bonchev–Trinajstić information content (AvgIpc) is 2.93. The molecule has 7 nitrogen and oxygen atoms in total. The molecule has 2 aromatic rings. The van der Waals surface area contributed by atoms with E-state index in [9.17, 15) is 14.7 Å². The zero-order chi connectivity index (χ0) is 17.3. The fraction of sp³-hybridized carbons (Fsp3) is 0.529. The Kier molecular flexibility index (Phi) is 4.26. The fourth-order valence-electron chi connectivity index (χ4n) is 3.44. The van der Waals surface area contributed by atoms with E-state index in [0.717, 1.165) is 19.3 Å². The molecule has 0 unspecified atom stereocenters. The first kappa shape index (κ1) is 16.4. The highest BCUT2D eigenvalue weighted by atomic mass is 16.5. The van der Waals surface area contributed by atoms with Crippen LogP contribution >= 0.6 is 0 Å². The molecule has 0 spiro atoms. The van der Waals surface area contributed by atoms with Crippen molar-refractivity contribution in [3.8, 4) is 0 Å². The summed E-state index contributed by atoms with van der Waals surface area (Å²) in [4.78, 5) is 28.6. The lowest BCUT2D eigenvalue weighted by atomic mass is 9.74. The first-order chi connectivity index (χ1) is 11.4. The highest BCUT2D eigenvalue weighted by molar-refractivity contribution is 6.06. The summed E-state index contributed by atoms with van der Waals surface area (Å²) >= 11 is 0. The molecule has 0 atom stereocenters. The number of hydrogen-bond donors (Lipinski definition) is 2. The van der Waals surface area contributed by atoms with Gasteiger partial charge in [0, 0.05) is 12.2 Å². The summed E-state index contributed by atoms with van der Waals surface area (Å²) in [6.45, 7) is 3.65. The highest BCUT2D eigenvalue weighted by Crippen LogP contribution is 2.36. The molecule has 24 heavy (non-hydrogen) atoms. The molecule has 0 bridgehead atoms. The summed E-state index contributed by atoms with van der Waals surface area (Å²) in [6, 6.07) is 1.68. The number of nitrogens with one attached hydrogen (secondary N) is 1. The number of carbonyl (C=O) groups is 2. The summed E-state index contributed by atoms with van der Waals surface area (Å²) in [6.07, 6.45) is 4.00. The number of hydrogen-bond acceptors (Lipinski definition) is 5. The van der Waals surface area contributed by atoms with Gasteiger partial charge in [-0.3, -0.25) is 9.59 Å². The maximum Gasteiger partial charge on any atom is 0.311 e. The molecule has 1 aliphatic carbocycles. The van der Waals surface area contributed by atoms with Gasteiger partial charge in [0.05, 0.1) is 22.1 Å². The Morgan fingerprint density at radius 3 is 2.67 bits per heavy atom. The number of aliphatic carboxylic acids is 1. The van der Waals surface area contributed by atoms with E-state index in [0.29, 0.717) is 40.9 Å². The second-order valence-electron chi connectivity index (χ2n) is 6.59. The van der Waals surface area contributed by atoms with Gasteiger partial charge in [-0.1, -0.05) is 24.4 Å². The van der Waals surface area contributed by atoms with Gasteiger partial charge in [-0.25, -0.2) is 4.98 Å². The van der Waals surface area contributed by atoms with Crippen LogP contribution in [0.4, 0.5) is 0 Å². The van der Waals surface area contributed by atoms with Gasteiger partial charge in [-0.05, 0) is 32.8 Å². The number of rotatable bonds is 4. The Hall–Kier alpha value is -2.44. The normalized spacial score (nSPS) is 16.9. The van der Waals surface area contributed by atoms with Crippen LogP contribution in [0, 0.1) is 19.3 Å². The minimum absolute atomic E-state index is 0.133. The number of aromatic nitrogens is 2. The molecular weight excluding hydrogens is 310 g/mol. The summed E-state index contributed by atoms with van der Waals surface area (Å²) in [5.74, 6) is -1.15. The fourth-order valence-corrected chi connectivity index (χ4v) is 3.44. The van der Waals surface area contributed by atoms with Crippen LogP contribution in [0.15, 0.2) is 10.6 Å². The largest absolute Gasteiger partial charge is 0.481 e. The van der Waals surface area contributed by atoms with E-state index >= 15 is 0 Å². The lowest BCUT2D eigenvalue weighted by Crippen LogP contribution is -2.44. The smallest absolute Gasteiger partial charge is 0.311 e. The number of fused-ring (bicyclic) bond motifs is 1. The van der Waals surface area contributed by atoms with E-state index in [4.69, 9.17) is 4.52 Å². The van der Waals surface area contributed by atoms with E-state index in [1.165, 1.54) is 0 Å². The Morgan fingerprint density at radius 2 is 2.00 bits per heavy atom. The third kappa shape index (κ3) is 2.86. The van der Waals surface area contributed by atoms with Crippen LogP contribution in [-0.4, -0.2) is 33.7 Å². The molecule has 1 aliphatic rings. The minimum Gasteiger partial charge on any atom is -0.481 e. The van der Waals surface area contributed by atoms with Gasteiger partial charge in [-0.2, -0.15) is 0 Å². The van der Waals surface area contributed by atoms with E-state index in [2.05, 4.69) is 15.5 Å².